The van der Waals surface area contributed by atoms with Crippen LogP contribution in [0.5, 0.6) is 11.5 Å². The van der Waals surface area contributed by atoms with Crippen LogP contribution in [0.1, 0.15) is 30.4 Å². The first-order valence-corrected chi connectivity index (χ1v) is 9.97. The van der Waals surface area contributed by atoms with Gasteiger partial charge in [-0.1, -0.05) is 17.7 Å². The van der Waals surface area contributed by atoms with Gasteiger partial charge in [-0.3, -0.25) is 0 Å². The summed E-state index contributed by atoms with van der Waals surface area (Å²) in [5.74, 6) is 0.664. The van der Waals surface area contributed by atoms with Crippen molar-refractivity contribution in [2.45, 2.75) is 32.4 Å². The highest BCUT2D eigenvalue weighted by Gasteiger charge is 2.14. The molecule has 0 unspecified atom stereocenters. The molecular weight excluding hydrogens is 437 g/mol. The number of hydrogen-bond acceptors (Lipinski definition) is 4. The lowest BCUT2D eigenvalue weighted by atomic mass is 10.2. The summed E-state index contributed by atoms with van der Waals surface area (Å²) in [7, 11) is 1.57. The van der Waals surface area contributed by atoms with E-state index in [1.807, 2.05) is 12.1 Å². The Kier molecular flexibility index (Phi) is 9.34. The van der Waals surface area contributed by atoms with E-state index >= 15 is 0 Å². The van der Waals surface area contributed by atoms with Crippen LogP contribution in [0.25, 0.3) is 0 Å². The Morgan fingerprint density at radius 2 is 2.04 bits per heavy atom. The zero-order valence-electron chi connectivity index (χ0n) is 15.2. The van der Waals surface area contributed by atoms with Gasteiger partial charge in [-0.25, -0.2) is 4.39 Å². The third-order valence-corrected chi connectivity index (χ3v) is 5.00. The number of unbranched alkanes of at least 4 members (excludes halogenated alkanes) is 2. The number of aliphatic hydroxyl groups excluding tert-OH is 1. The van der Waals surface area contributed by atoms with Gasteiger partial charge in [0.1, 0.15) is 12.4 Å². The van der Waals surface area contributed by atoms with Crippen LogP contribution in [0.4, 0.5) is 4.39 Å². The number of rotatable bonds is 11. The van der Waals surface area contributed by atoms with Crippen LogP contribution >= 0.6 is 27.5 Å². The average Bonchev–Trinajstić information content (AvgIpc) is 2.65. The van der Waals surface area contributed by atoms with Crippen LogP contribution in [-0.4, -0.2) is 25.4 Å². The second-order valence-electron chi connectivity index (χ2n) is 6.06. The number of benzene rings is 2. The molecule has 0 aromatic heterocycles. The number of aliphatic hydroxyl groups is 1. The van der Waals surface area contributed by atoms with Gasteiger partial charge in [0.25, 0.3) is 0 Å². The molecule has 2 aromatic rings. The van der Waals surface area contributed by atoms with Crippen LogP contribution in [0.2, 0.25) is 5.02 Å². The van der Waals surface area contributed by atoms with Crippen molar-refractivity contribution in [3.05, 3.63) is 56.8 Å². The van der Waals surface area contributed by atoms with Crippen molar-refractivity contribution in [2.24, 2.45) is 0 Å². The Hall–Kier alpha value is -1.34. The summed E-state index contributed by atoms with van der Waals surface area (Å²) >= 11 is 9.56. The smallest absolute Gasteiger partial charge is 0.175 e. The second-order valence-corrected chi connectivity index (χ2v) is 7.32. The first-order chi connectivity index (χ1) is 13.1. The van der Waals surface area contributed by atoms with Crippen LogP contribution in [-0.2, 0) is 13.2 Å². The molecule has 0 fully saturated rings. The maximum absolute atomic E-state index is 13.9. The van der Waals surface area contributed by atoms with E-state index in [9.17, 15) is 4.39 Å². The minimum atomic E-state index is -0.403. The third kappa shape index (κ3) is 6.64. The Morgan fingerprint density at radius 3 is 2.74 bits per heavy atom. The van der Waals surface area contributed by atoms with Crippen LogP contribution in [0.3, 0.4) is 0 Å². The van der Waals surface area contributed by atoms with Gasteiger partial charge in [-0.15, -0.1) is 0 Å². The zero-order chi connectivity index (χ0) is 19.6. The lowest BCUT2D eigenvalue weighted by molar-refractivity contribution is 0.277. The molecule has 2 aromatic carbocycles. The molecule has 0 aliphatic rings. The standard InChI is InChI=1S/C20H24BrClFNO3/c1-26-19-11-14(12-24-8-3-2-4-9-25)10-16(21)20(19)27-13-15-17(22)6-5-7-18(15)23/h5-7,10-11,24-25H,2-4,8-9,12-13H2,1H3. The minimum absolute atomic E-state index is 0.00290. The van der Waals surface area contributed by atoms with Gasteiger partial charge >= 0.3 is 0 Å². The van der Waals surface area contributed by atoms with Gasteiger partial charge in [-0.2, -0.15) is 0 Å². The molecule has 0 aliphatic carbocycles. The summed E-state index contributed by atoms with van der Waals surface area (Å²) in [6.07, 6.45) is 2.85. The maximum atomic E-state index is 13.9. The van der Waals surface area contributed by atoms with E-state index in [1.54, 1.807) is 19.2 Å². The first-order valence-electron chi connectivity index (χ1n) is 8.80. The van der Waals surface area contributed by atoms with Crippen molar-refractivity contribution in [2.75, 3.05) is 20.3 Å². The lowest BCUT2D eigenvalue weighted by Gasteiger charge is -2.15. The minimum Gasteiger partial charge on any atom is -0.493 e. The molecule has 7 heteroatoms. The molecule has 27 heavy (non-hydrogen) atoms. The van der Waals surface area contributed by atoms with E-state index in [-0.39, 0.29) is 13.2 Å². The molecule has 0 atom stereocenters. The maximum Gasteiger partial charge on any atom is 0.175 e. The van der Waals surface area contributed by atoms with E-state index in [4.69, 9.17) is 26.2 Å². The summed E-state index contributed by atoms with van der Waals surface area (Å²) in [5.41, 5.74) is 1.35. The molecule has 148 valence electrons. The summed E-state index contributed by atoms with van der Waals surface area (Å²) in [6.45, 7) is 1.81. The number of nitrogens with one attached hydrogen (secondary N) is 1. The summed E-state index contributed by atoms with van der Waals surface area (Å²) in [5, 5.41) is 12.5. The zero-order valence-corrected chi connectivity index (χ0v) is 17.6. The van der Waals surface area contributed by atoms with E-state index in [0.717, 1.165) is 35.8 Å². The Morgan fingerprint density at radius 1 is 1.22 bits per heavy atom. The summed E-state index contributed by atoms with van der Waals surface area (Å²) in [6, 6.07) is 8.38. The highest BCUT2D eigenvalue weighted by molar-refractivity contribution is 9.10. The predicted octanol–water partition coefficient (Wildman–Crippen LogP) is 5.08. The van der Waals surface area contributed by atoms with Gasteiger partial charge in [0.2, 0.25) is 0 Å². The molecule has 0 heterocycles. The van der Waals surface area contributed by atoms with Crippen LogP contribution < -0.4 is 14.8 Å². The molecule has 0 saturated carbocycles. The molecule has 0 saturated heterocycles. The highest BCUT2D eigenvalue weighted by atomic mass is 79.9. The second kappa shape index (κ2) is 11.5. The Bertz CT molecular complexity index is 725. The number of halogens is 3. The quantitative estimate of drug-likeness (QED) is 0.459. The monoisotopic (exact) mass is 459 g/mol. The van der Waals surface area contributed by atoms with Crippen molar-refractivity contribution in [3.63, 3.8) is 0 Å². The lowest BCUT2D eigenvalue weighted by Crippen LogP contribution is -2.15. The van der Waals surface area contributed by atoms with Gasteiger partial charge in [0, 0.05) is 18.7 Å². The predicted molar refractivity (Wildman–Crippen MR) is 109 cm³/mol. The number of methoxy groups -OCH3 is 1. The molecule has 0 aliphatic heterocycles. The average molecular weight is 461 g/mol. The van der Waals surface area contributed by atoms with E-state index in [0.29, 0.717) is 28.6 Å². The Labute approximate surface area is 172 Å². The fourth-order valence-electron chi connectivity index (χ4n) is 2.60. The van der Waals surface area contributed by atoms with Gasteiger partial charge < -0.3 is 19.9 Å². The van der Waals surface area contributed by atoms with E-state index < -0.39 is 5.82 Å². The topological polar surface area (TPSA) is 50.7 Å². The SMILES string of the molecule is COc1cc(CNCCCCCO)cc(Br)c1OCc1c(F)cccc1Cl. The molecule has 0 spiro atoms. The van der Waals surface area contributed by atoms with Gasteiger partial charge in [0.15, 0.2) is 11.5 Å². The van der Waals surface area contributed by atoms with Crippen molar-refractivity contribution in [1.29, 1.82) is 0 Å². The van der Waals surface area contributed by atoms with Crippen LogP contribution in [0, 0.1) is 5.82 Å². The molecular formula is C20H24BrClFNO3. The third-order valence-electron chi connectivity index (χ3n) is 4.05. The molecule has 0 radical (unpaired) electrons. The number of ether oxygens (including phenoxy) is 2. The van der Waals surface area contributed by atoms with Crippen molar-refractivity contribution in [3.8, 4) is 11.5 Å². The molecule has 4 nitrogen and oxygen atoms in total. The van der Waals surface area contributed by atoms with Gasteiger partial charge in [-0.05, 0) is 71.6 Å². The Balaban J connectivity index is 2.01. The molecule has 0 amide bonds. The normalized spacial score (nSPS) is 10.9. The van der Waals surface area contributed by atoms with E-state index in [2.05, 4.69) is 21.2 Å². The fraction of sp³-hybridized carbons (Fsp3) is 0.400. The molecule has 2 rings (SSSR count). The van der Waals surface area contributed by atoms with Crippen LogP contribution in [0.15, 0.2) is 34.8 Å². The van der Waals surface area contributed by atoms with Crippen molar-refractivity contribution < 1.29 is 19.0 Å². The van der Waals surface area contributed by atoms with Crippen molar-refractivity contribution >= 4 is 27.5 Å². The van der Waals surface area contributed by atoms with Gasteiger partial charge in [0.05, 0.1) is 16.6 Å². The van der Waals surface area contributed by atoms with Crippen molar-refractivity contribution in [1.82, 2.24) is 5.32 Å². The first kappa shape index (κ1) is 22.0. The largest absolute Gasteiger partial charge is 0.493 e. The van der Waals surface area contributed by atoms with E-state index in [1.165, 1.54) is 6.07 Å². The molecule has 2 N–H and O–H groups in total. The molecule has 0 bridgehead atoms. The summed E-state index contributed by atoms with van der Waals surface area (Å²) in [4.78, 5) is 0. The number of hydrogen-bond donors (Lipinski definition) is 2. The fourth-order valence-corrected chi connectivity index (χ4v) is 3.42. The highest BCUT2D eigenvalue weighted by Crippen LogP contribution is 2.37. The summed E-state index contributed by atoms with van der Waals surface area (Å²) < 4.78 is 25.9.